The van der Waals surface area contributed by atoms with E-state index in [1.165, 1.54) is 0 Å². The van der Waals surface area contributed by atoms with Gasteiger partial charge in [0.2, 0.25) is 5.89 Å². The molecule has 1 N–H and O–H groups in total. The third kappa shape index (κ3) is 3.61. The Labute approximate surface area is 117 Å². The number of hydrogen-bond donors (Lipinski definition) is 1. The van der Waals surface area contributed by atoms with E-state index >= 15 is 0 Å². The fourth-order valence-electron chi connectivity index (χ4n) is 1.53. The van der Waals surface area contributed by atoms with Crippen LogP contribution >= 0.6 is 11.3 Å². The van der Waals surface area contributed by atoms with Crippen LogP contribution in [0, 0.1) is 6.92 Å². The van der Waals surface area contributed by atoms with E-state index in [1.54, 1.807) is 11.3 Å². The van der Waals surface area contributed by atoms with Gasteiger partial charge in [-0.15, -0.1) is 11.3 Å². The molecule has 0 saturated heterocycles. The summed E-state index contributed by atoms with van der Waals surface area (Å²) in [6.45, 7) is 10.8. The molecule has 0 aliphatic heterocycles. The van der Waals surface area contributed by atoms with Crippen LogP contribution in [-0.4, -0.2) is 15.1 Å². The minimum atomic E-state index is -0.0835. The highest BCUT2D eigenvalue weighted by molar-refractivity contribution is 7.09. The van der Waals surface area contributed by atoms with E-state index in [2.05, 4.69) is 53.5 Å². The van der Waals surface area contributed by atoms with Crippen molar-refractivity contribution in [2.45, 2.75) is 52.6 Å². The maximum Gasteiger partial charge on any atom is 0.240 e. The molecule has 5 nitrogen and oxygen atoms in total. The number of aromatic nitrogens is 3. The van der Waals surface area contributed by atoms with Crippen LogP contribution in [0.4, 0.5) is 0 Å². The molecule has 0 aromatic carbocycles. The first-order valence-electron chi connectivity index (χ1n) is 6.35. The van der Waals surface area contributed by atoms with Crippen molar-refractivity contribution in [1.82, 2.24) is 20.4 Å². The van der Waals surface area contributed by atoms with E-state index < -0.39 is 0 Å². The zero-order chi connectivity index (χ0) is 14.0. The minimum Gasteiger partial charge on any atom is -0.338 e. The second-order valence-electron chi connectivity index (χ2n) is 5.69. The molecular formula is C13H20N4OS. The molecule has 0 amide bonds. The molecule has 104 valence electrons. The van der Waals surface area contributed by atoms with Gasteiger partial charge in [-0.25, -0.2) is 4.98 Å². The Morgan fingerprint density at radius 2 is 2.11 bits per heavy atom. The van der Waals surface area contributed by atoms with Gasteiger partial charge in [0.05, 0.1) is 12.6 Å². The summed E-state index contributed by atoms with van der Waals surface area (Å²) in [6, 6.07) is 0.184. The summed E-state index contributed by atoms with van der Waals surface area (Å²) in [5.74, 6) is 1.35. The quantitative estimate of drug-likeness (QED) is 0.932. The zero-order valence-electron chi connectivity index (χ0n) is 12.0. The number of nitrogens with one attached hydrogen (secondary N) is 1. The van der Waals surface area contributed by atoms with Crippen LogP contribution in [0.5, 0.6) is 0 Å². The predicted molar refractivity (Wildman–Crippen MR) is 75.1 cm³/mol. The zero-order valence-corrected chi connectivity index (χ0v) is 12.8. The summed E-state index contributed by atoms with van der Waals surface area (Å²) in [6.07, 6.45) is 0. The van der Waals surface area contributed by atoms with Crippen molar-refractivity contribution in [3.8, 4) is 0 Å². The highest BCUT2D eigenvalue weighted by Crippen LogP contribution is 2.20. The Kier molecular flexibility index (Phi) is 4.01. The summed E-state index contributed by atoms with van der Waals surface area (Å²) in [4.78, 5) is 8.85. The third-order valence-corrected chi connectivity index (χ3v) is 3.85. The van der Waals surface area contributed by atoms with Gasteiger partial charge in [-0.2, -0.15) is 4.98 Å². The smallest absolute Gasteiger partial charge is 0.240 e. The van der Waals surface area contributed by atoms with E-state index in [0.29, 0.717) is 12.4 Å². The fraction of sp³-hybridized carbons (Fsp3) is 0.615. The molecule has 2 rings (SSSR count). The number of nitrogens with zero attached hydrogens (tertiary/aromatic N) is 3. The molecule has 6 heteroatoms. The molecule has 0 spiro atoms. The summed E-state index contributed by atoms with van der Waals surface area (Å²) in [5.41, 5.74) is 0.973. The Balaban J connectivity index is 1.94. The van der Waals surface area contributed by atoms with Gasteiger partial charge in [0.15, 0.2) is 5.82 Å². The van der Waals surface area contributed by atoms with Crippen LogP contribution in [0.2, 0.25) is 0 Å². The van der Waals surface area contributed by atoms with Gasteiger partial charge in [0.25, 0.3) is 0 Å². The van der Waals surface area contributed by atoms with E-state index in [-0.39, 0.29) is 11.5 Å². The van der Waals surface area contributed by atoms with Crippen LogP contribution in [0.15, 0.2) is 9.90 Å². The van der Waals surface area contributed by atoms with Gasteiger partial charge >= 0.3 is 0 Å². The normalized spacial score (nSPS) is 13.7. The molecule has 0 fully saturated rings. The molecule has 2 aromatic rings. The van der Waals surface area contributed by atoms with Gasteiger partial charge in [-0.05, 0) is 13.8 Å². The van der Waals surface area contributed by atoms with Gasteiger partial charge in [0.1, 0.15) is 5.01 Å². The van der Waals surface area contributed by atoms with Crippen LogP contribution < -0.4 is 5.32 Å². The van der Waals surface area contributed by atoms with Crippen LogP contribution in [0.25, 0.3) is 0 Å². The van der Waals surface area contributed by atoms with Crippen molar-refractivity contribution in [1.29, 1.82) is 0 Å². The SMILES string of the molecule is Cc1csc(C(C)NCc2nc(C(C)(C)C)no2)n1. The predicted octanol–water partition coefficient (Wildman–Crippen LogP) is 2.98. The largest absolute Gasteiger partial charge is 0.338 e. The lowest BCUT2D eigenvalue weighted by molar-refractivity contribution is 0.349. The molecule has 1 unspecified atom stereocenters. The van der Waals surface area contributed by atoms with Crippen molar-refractivity contribution < 1.29 is 4.52 Å². The van der Waals surface area contributed by atoms with Gasteiger partial charge in [0, 0.05) is 16.5 Å². The van der Waals surface area contributed by atoms with Gasteiger partial charge < -0.3 is 4.52 Å². The lowest BCUT2D eigenvalue weighted by Gasteiger charge is -2.11. The van der Waals surface area contributed by atoms with Crippen molar-refractivity contribution in [2.75, 3.05) is 0 Å². The maximum atomic E-state index is 5.24. The summed E-state index contributed by atoms with van der Waals surface area (Å²) in [5, 5.41) is 10.5. The molecule has 0 radical (unpaired) electrons. The Hall–Kier alpha value is -1.27. The molecule has 2 heterocycles. The minimum absolute atomic E-state index is 0.0835. The first kappa shape index (κ1) is 14.1. The van der Waals surface area contributed by atoms with Crippen LogP contribution in [0.3, 0.4) is 0 Å². The van der Waals surface area contributed by atoms with E-state index in [1.807, 2.05) is 6.92 Å². The molecule has 2 aromatic heterocycles. The first-order valence-corrected chi connectivity index (χ1v) is 7.22. The standard InChI is InChI=1S/C13H20N4OS/c1-8-7-19-11(15-8)9(2)14-6-10-16-12(17-18-10)13(3,4)5/h7,9,14H,6H2,1-5H3. The van der Waals surface area contributed by atoms with Crippen molar-refractivity contribution in [3.05, 3.63) is 27.8 Å². The average Bonchev–Trinajstić information content (AvgIpc) is 2.93. The fourth-order valence-corrected chi connectivity index (χ4v) is 2.36. The van der Waals surface area contributed by atoms with Crippen LogP contribution in [0.1, 0.15) is 56.2 Å². The third-order valence-electron chi connectivity index (χ3n) is 2.71. The number of hydrogen-bond acceptors (Lipinski definition) is 6. The van der Waals surface area contributed by atoms with E-state index in [9.17, 15) is 0 Å². The van der Waals surface area contributed by atoms with Gasteiger partial charge in [-0.3, -0.25) is 5.32 Å². The highest BCUT2D eigenvalue weighted by atomic mass is 32.1. The molecule has 0 saturated carbocycles. The van der Waals surface area contributed by atoms with Crippen LogP contribution in [-0.2, 0) is 12.0 Å². The monoisotopic (exact) mass is 280 g/mol. The molecular weight excluding hydrogens is 260 g/mol. The maximum absolute atomic E-state index is 5.24. The second-order valence-corrected chi connectivity index (χ2v) is 6.58. The topological polar surface area (TPSA) is 63.8 Å². The first-order chi connectivity index (χ1) is 8.86. The van der Waals surface area contributed by atoms with E-state index in [4.69, 9.17) is 4.52 Å². The van der Waals surface area contributed by atoms with Gasteiger partial charge in [-0.1, -0.05) is 25.9 Å². The summed E-state index contributed by atoms with van der Waals surface area (Å²) < 4.78 is 5.24. The molecule has 0 bridgehead atoms. The molecule has 0 aliphatic carbocycles. The molecule has 0 aliphatic rings. The van der Waals surface area contributed by atoms with Crippen molar-refractivity contribution in [3.63, 3.8) is 0 Å². The summed E-state index contributed by atoms with van der Waals surface area (Å²) >= 11 is 1.66. The van der Waals surface area contributed by atoms with Crippen molar-refractivity contribution in [2.24, 2.45) is 0 Å². The Bertz CT molecular complexity index is 541. The molecule has 19 heavy (non-hydrogen) atoms. The Morgan fingerprint density at radius 1 is 1.37 bits per heavy atom. The number of aryl methyl sites for hydroxylation is 1. The number of thiazole rings is 1. The number of rotatable bonds is 4. The average molecular weight is 280 g/mol. The lowest BCUT2D eigenvalue weighted by Crippen LogP contribution is -2.18. The van der Waals surface area contributed by atoms with Crippen molar-refractivity contribution >= 4 is 11.3 Å². The second kappa shape index (κ2) is 5.38. The lowest BCUT2D eigenvalue weighted by atomic mass is 9.96. The highest BCUT2D eigenvalue weighted by Gasteiger charge is 2.21. The molecule has 1 atom stereocenters. The van der Waals surface area contributed by atoms with E-state index in [0.717, 1.165) is 16.5 Å². The summed E-state index contributed by atoms with van der Waals surface area (Å²) in [7, 11) is 0. The Morgan fingerprint density at radius 3 is 2.63 bits per heavy atom.